The van der Waals surface area contributed by atoms with Crippen LogP contribution in [0.4, 0.5) is 5.69 Å². The molecular weight excluding hydrogens is 266 g/mol. The summed E-state index contributed by atoms with van der Waals surface area (Å²) in [6.45, 7) is 1.15. The quantitative estimate of drug-likeness (QED) is 0.867. The number of nitriles is 1. The second-order valence-corrected chi connectivity index (χ2v) is 5.03. The third kappa shape index (κ3) is 2.87. The van der Waals surface area contributed by atoms with E-state index in [-0.39, 0.29) is 11.8 Å². The number of nitrogens with one attached hydrogen (secondary N) is 1. The first-order valence-electron chi connectivity index (χ1n) is 6.82. The summed E-state index contributed by atoms with van der Waals surface area (Å²) < 4.78 is 1.71. The summed E-state index contributed by atoms with van der Waals surface area (Å²) in [6.07, 6.45) is 6.20. The van der Waals surface area contributed by atoms with Crippen molar-refractivity contribution in [2.24, 2.45) is 5.92 Å². The van der Waals surface area contributed by atoms with Gasteiger partial charge in [-0.05, 0) is 18.6 Å². The van der Waals surface area contributed by atoms with E-state index >= 15 is 0 Å². The Balaban J connectivity index is 1.65. The van der Waals surface area contributed by atoms with E-state index in [0.29, 0.717) is 25.2 Å². The molecule has 0 radical (unpaired) electrons. The van der Waals surface area contributed by atoms with Gasteiger partial charge < -0.3 is 10.2 Å². The number of anilines is 1. The molecule has 0 saturated carbocycles. The Bertz CT molecular complexity index is 673. The minimum Gasteiger partial charge on any atom is -0.323 e. The number of likely N-dealkylation sites (tertiary alicyclic amines) is 1. The molecule has 1 amide bonds. The van der Waals surface area contributed by atoms with Crippen molar-refractivity contribution >= 4 is 11.6 Å². The SMILES string of the molecule is N#CN1CCC(C(=O)Nc2cnn(-c3ccccc3)c2)C1. The van der Waals surface area contributed by atoms with Crippen molar-refractivity contribution in [1.82, 2.24) is 14.7 Å². The third-order valence-electron chi connectivity index (χ3n) is 3.57. The Morgan fingerprint density at radius 3 is 2.90 bits per heavy atom. The summed E-state index contributed by atoms with van der Waals surface area (Å²) in [5.41, 5.74) is 1.61. The molecule has 1 aliphatic heterocycles. The number of hydrogen-bond donors (Lipinski definition) is 1. The molecule has 1 aliphatic rings. The molecule has 0 bridgehead atoms. The van der Waals surface area contributed by atoms with Gasteiger partial charge in [-0.3, -0.25) is 4.79 Å². The molecule has 1 atom stereocenters. The summed E-state index contributed by atoms with van der Waals surface area (Å²) in [4.78, 5) is 13.7. The summed E-state index contributed by atoms with van der Waals surface area (Å²) >= 11 is 0. The van der Waals surface area contributed by atoms with Crippen molar-refractivity contribution in [2.75, 3.05) is 18.4 Å². The van der Waals surface area contributed by atoms with Gasteiger partial charge in [0.2, 0.25) is 5.91 Å². The van der Waals surface area contributed by atoms with Crippen LogP contribution in [0.1, 0.15) is 6.42 Å². The van der Waals surface area contributed by atoms with Gasteiger partial charge in [-0.2, -0.15) is 10.4 Å². The van der Waals surface area contributed by atoms with E-state index < -0.39 is 0 Å². The lowest BCUT2D eigenvalue weighted by Gasteiger charge is -2.09. The first-order chi connectivity index (χ1) is 10.3. The Morgan fingerprint density at radius 2 is 2.19 bits per heavy atom. The summed E-state index contributed by atoms with van der Waals surface area (Å²) in [6, 6.07) is 9.70. The van der Waals surface area contributed by atoms with Gasteiger partial charge in [0, 0.05) is 13.1 Å². The lowest BCUT2D eigenvalue weighted by atomic mass is 10.1. The number of nitrogens with zero attached hydrogens (tertiary/aromatic N) is 4. The van der Waals surface area contributed by atoms with Crippen LogP contribution < -0.4 is 5.32 Å². The molecule has 6 nitrogen and oxygen atoms in total. The zero-order chi connectivity index (χ0) is 14.7. The molecule has 106 valence electrons. The van der Waals surface area contributed by atoms with E-state index in [0.717, 1.165) is 5.69 Å². The molecular formula is C15H15N5O. The van der Waals surface area contributed by atoms with E-state index in [4.69, 9.17) is 5.26 Å². The van der Waals surface area contributed by atoms with Gasteiger partial charge >= 0.3 is 0 Å². The van der Waals surface area contributed by atoms with Gasteiger partial charge in [0.15, 0.2) is 6.19 Å². The van der Waals surface area contributed by atoms with E-state index in [9.17, 15) is 4.79 Å². The Labute approximate surface area is 122 Å². The molecule has 1 N–H and O–H groups in total. The molecule has 2 aromatic rings. The minimum atomic E-state index is -0.135. The van der Waals surface area contributed by atoms with Crippen LogP contribution in [0, 0.1) is 17.4 Å². The highest BCUT2D eigenvalue weighted by Crippen LogP contribution is 2.18. The molecule has 3 rings (SSSR count). The highest BCUT2D eigenvalue weighted by molar-refractivity contribution is 5.92. The van der Waals surface area contributed by atoms with Gasteiger partial charge in [-0.15, -0.1) is 0 Å². The normalized spacial score (nSPS) is 17.5. The van der Waals surface area contributed by atoms with Crippen LogP contribution >= 0.6 is 0 Å². The molecule has 0 aliphatic carbocycles. The van der Waals surface area contributed by atoms with Crippen molar-refractivity contribution in [3.8, 4) is 11.9 Å². The van der Waals surface area contributed by atoms with Crippen molar-refractivity contribution in [3.05, 3.63) is 42.7 Å². The van der Waals surface area contributed by atoms with E-state index in [1.807, 2.05) is 30.3 Å². The number of hydrogen-bond acceptors (Lipinski definition) is 4. The molecule has 1 unspecified atom stereocenters. The fourth-order valence-corrected chi connectivity index (χ4v) is 2.42. The van der Waals surface area contributed by atoms with Gasteiger partial charge in [0.05, 0.1) is 29.7 Å². The Kier molecular flexibility index (Phi) is 3.56. The molecule has 6 heteroatoms. The number of carbonyl (C=O) groups is 1. The molecule has 1 saturated heterocycles. The predicted molar refractivity (Wildman–Crippen MR) is 77.5 cm³/mol. The second-order valence-electron chi connectivity index (χ2n) is 5.03. The predicted octanol–water partition coefficient (Wildman–Crippen LogP) is 1.61. The van der Waals surface area contributed by atoms with Crippen LogP contribution in [0.3, 0.4) is 0 Å². The zero-order valence-corrected chi connectivity index (χ0v) is 11.4. The van der Waals surface area contributed by atoms with E-state index in [1.165, 1.54) is 0 Å². The van der Waals surface area contributed by atoms with E-state index in [1.54, 1.807) is 22.0 Å². The lowest BCUT2D eigenvalue weighted by molar-refractivity contribution is -0.119. The van der Waals surface area contributed by atoms with Gasteiger partial charge in [-0.1, -0.05) is 18.2 Å². The van der Waals surface area contributed by atoms with Crippen LogP contribution in [0.2, 0.25) is 0 Å². The van der Waals surface area contributed by atoms with Crippen molar-refractivity contribution < 1.29 is 4.79 Å². The second kappa shape index (κ2) is 5.67. The molecule has 1 aromatic carbocycles. The number of benzene rings is 1. The molecule has 2 heterocycles. The average Bonchev–Trinajstić information content (AvgIpc) is 3.17. The monoisotopic (exact) mass is 281 g/mol. The number of aromatic nitrogens is 2. The largest absolute Gasteiger partial charge is 0.323 e. The molecule has 0 spiro atoms. The van der Waals surface area contributed by atoms with Crippen molar-refractivity contribution in [3.63, 3.8) is 0 Å². The topological polar surface area (TPSA) is 74.0 Å². The highest BCUT2D eigenvalue weighted by Gasteiger charge is 2.27. The lowest BCUT2D eigenvalue weighted by Crippen LogP contribution is -2.25. The maximum Gasteiger partial charge on any atom is 0.229 e. The third-order valence-corrected chi connectivity index (χ3v) is 3.57. The number of para-hydroxylation sites is 1. The Hall–Kier alpha value is -2.81. The number of rotatable bonds is 3. The minimum absolute atomic E-state index is 0.0552. The fourth-order valence-electron chi connectivity index (χ4n) is 2.42. The first-order valence-corrected chi connectivity index (χ1v) is 6.82. The van der Waals surface area contributed by atoms with Crippen molar-refractivity contribution in [2.45, 2.75) is 6.42 Å². The fraction of sp³-hybridized carbons (Fsp3) is 0.267. The molecule has 1 aromatic heterocycles. The van der Waals surface area contributed by atoms with Gasteiger partial charge in [0.25, 0.3) is 0 Å². The standard InChI is InChI=1S/C15H15N5O/c16-11-19-7-6-12(9-19)15(21)18-13-8-17-20(10-13)14-4-2-1-3-5-14/h1-5,8,10,12H,6-7,9H2,(H,18,21). The molecule has 21 heavy (non-hydrogen) atoms. The van der Waals surface area contributed by atoms with Gasteiger partial charge in [-0.25, -0.2) is 4.68 Å². The molecule has 1 fully saturated rings. The average molecular weight is 281 g/mol. The summed E-state index contributed by atoms with van der Waals surface area (Å²) in [7, 11) is 0. The van der Waals surface area contributed by atoms with Gasteiger partial charge in [0.1, 0.15) is 0 Å². The summed E-state index contributed by atoms with van der Waals surface area (Å²) in [5.74, 6) is -0.190. The van der Waals surface area contributed by atoms with Crippen LogP contribution in [-0.2, 0) is 4.79 Å². The van der Waals surface area contributed by atoms with Crippen molar-refractivity contribution in [1.29, 1.82) is 5.26 Å². The van der Waals surface area contributed by atoms with E-state index in [2.05, 4.69) is 16.6 Å². The van der Waals surface area contributed by atoms with Crippen LogP contribution in [0.15, 0.2) is 42.7 Å². The van der Waals surface area contributed by atoms with Crippen LogP contribution in [0.5, 0.6) is 0 Å². The highest BCUT2D eigenvalue weighted by atomic mass is 16.2. The van der Waals surface area contributed by atoms with Crippen LogP contribution in [0.25, 0.3) is 5.69 Å². The maximum atomic E-state index is 12.1. The number of amides is 1. The first kappa shape index (κ1) is 13.2. The zero-order valence-electron chi connectivity index (χ0n) is 11.4. The van der Waals surface area contributed by atoms with Crippen LogP contribution in [-0.4, -0.2) is 33.7 Å². The Morgan fingerprint density at radius 1 is 1.38 bits per heavy atom. The smallest absolute Gasteiger partial charge is 0.229 e. The number of carbonyl (C=O) groups excluding carboxylic acids is 1. The maximum absolute atomic E-state index is 12.1. The summed E-state index contributed by atoms with van der Waals surface area (Å²) in [5, 5.41) is 15.9.